The Morgan fingerprint density at radius 3 is 1.77 bits per heavy atom. The third kappa shape index (κ3) is 21.3. The van der Waals surface area contributed by atoms with E-state index in [-0.39, 0.29) is 5.97 Å². The van der Waals surface area contributed by atoms with Crippen LogP contribution in [0.5, 0.6) is 0 Å². The number of carbonyl (C=O) groups is 1. The van der Waals surface area contributed by atoms with Crippen molar-refractivity contribution in [2.45, 2.75) is 129 Å². The number of esters is 1. The summed E-state index contributed by atoms with van der Waals surface area (Å²) in [5.74, 6) is 0.00630. The first-order valence-electron chi connectivity index (χ1n) is 11.6. The third-order valence-corrected chi connectivity index (χ3v) is 4.90. The van der Waals surface area contributed by atoms with Crippen LogP contribution in [0.2, 0.25) is 0 Å². The zero-order valence-electron chi connectivity index (χ0n) is 17.9. The van der Waals surface area contributed by atoms with E-state index in [1.54, 1.807) is 0 Å². The minimum absolute atomic E-state index is 0.00630. The van der Waals surface area contributed by atoms with Gasteiger partial charge in [-0.25, -0.2) is 0 Å². The molecule has 0 amide bonds. The summed E-state index contributed by atoms with van der Waals surface area (Å²) < 4.78 is 5.33. The van der Waals surface area contributed by atoms with Gasteiger partial charge in [0.05, 0.1) is 6.61 Å². The summed E-state index contributed by atoms with van der Waals surface area (Å²) in [6.45, 7) is 5.11. The summed E-state index contributed by atoms with van der Waals surface area (Å²) in [5, 5.41) is 0. The Bertz CT molecular complexity index is 309. The van der Waals surface area contributed by atoms with Crippen molar-refractivity contribution < 1.29 is 9.53 Å². The molecule has 0 radical (unpaired) electrons. The molecule has 2 nitrogen and oxygen atoms in total. The quantitative estimate of drug-likeness (QED) is 0.123. The molecule has 0 heterocycles. The number of carbonyl (C=O) groups excluding carboxylic acids is 1. The van der Waals surface area contributed by atoms with Gasteiger partial charge in [-0.15, -0.1) is 0 Å². The number of ether oxygens (including phenoxy) is 1. The van der Waals surface area contributed by atoms with Crippen LogP contribution in [0.1, 0.15) is 129 Å². The van der Waals surface area contributed by atoms with E-state index in [4.69, 9.17) is 4.74 Å². The van der Waals surface area contributed by atoms with Gasteiger partial charge in [0.15, 0.2) is 0 Å². The molecule has 0 saturated carbocycles. The fourth-order valence-corrected chi connectivity index (χ4v) is 3.11. The van der Waals surface area contributed by atoms with Gasteiger partial charge >= 0.3 is 5.97 Å². The fraction of sp³-hybridized carbons (Fsp3) is 0.875. The van der Waals surface area contributed by atoms with E-state index in [0.29, 0.717) is 13.0 Å². The molecule has 0 aliphatic rings. The van der Waals surface area contributed by atoms with Crippen molar-refractivity contribution in [3.05, 3.63) is 12.2 Å². The fourth-order valence-electron chi connectivity index (χ4n) is 3.11. The lowest BCUT2D eigenvalue weighted by Crippen LogP contribution is -2.05. The molecular formula is C24H46O2. The van der Waals surface area contributed by atoms with E-state index >= 15 is 0 Å². The Labute approximate surface area is 164 Å². The molecule has 0 rings (SSSR count). The highest BCUT2D eigenvalue weighted by Crippen LogP contribution is 2.10. The Hall–Kier alpha value is -0.790. The largest absolute Gasteiger partial charge is 0.466 e. The van der Waals surface area contributed by atoms with Crippen molar-refractivity contribution in [3.63, 3.8) is 0 Å². The van der Waals surface area contributed by atoms with E-state index in [1.807, 2.05) is 0 Å². The molecule has 0 bridgehead atoms. The van der Waals surface area contributed by atoms with Crippen molar-refractivity contribution in [1.82, 2.24) is 0 Å². The number of hydrogen-bond acceptors (Lipinski definition) is 2. The average Bonchev–Trinajstić information content (AvgIpc) is 2.64. The smallest absolute Gasteiger partial charge is 0.305 e. The van der Waals surface area contributed by atoms with E-state index in [0.717, 1.165) is 19.3 Å². The Morgan fingerprint density at radius 2 is 1.12 bits per heavy atom. The highest BCUT2D eigenvalue weighted by atomic mass is 16.5. The second-order valence-electron chi connectivity index (χ2n) is 7.62. The maximum absolute atomic E-state index is 11.7. The van der Waals surface area contributed by atoms with Crippen LogP contribution in [0, 0.1) is 0 Å². The van der Waals surface area contributed by atoms with Crippen molar-refractivity contribution in [1.29, 1.82) is 0 Å². The predicted molar refractivity (Wildman–Crippen MR) is 115 cm³/mol. The van der Waals surface area contributed by atoms with Crippen LogP contribution in [-0.2, 0) is 9.53 Å². The first-order chi connectivity index (χ1) is 12.8. The molecule has 0 aromatic carbocycles. The molecule has 0 N–H and O–H groups in total. The molecule has 0 atom stereocenters. The minimum Gasteiger partial charge on any atom is -0.466 e. The maximum atomic E-state index is 11.7. The Morgan fingerprint density at radius 1 is 0.615 bits per heavy atom. The summed E-state index contributed by atoms with van der Waals surface area (Å²) in [7, 11) is 0. The van der Waals surface area contributed by atoms with E-state index in [9.17, 15) is 4.79 Å². The first-order valence-corrected chi connectivity index (χ1v) is 11.6. The zero-order valence-corrected chi connectivity index (χ0v) is 17.9. The highest BCUT2D eigenvalue weighted by molar-refractivity contribution is 5.69. The highest BCUT2D eigenvalue weighted by Gasteiger charge is 2.02. The van der Waals surface area contributed by atoms with Gasteiger partial charge in [-0.05, 0) is 32.1 Å². The van der Waals surface area contributed by atoms with Gasteiger partial charge in [-0.2, -0.15) is 0 Å². The summed E-state index contributed by atoms with van der Waals surface area (Å²) in [6, 6.07) is 0. The molecule has 0 saturated heterocycles. The van der Waals surface area contributed by atoms with Gasteiger partial charge in [0, 0.05) is 6.42 Å². The van der Waals surface area contributed by atoms with Crippen LogP contribution in [0.25, 0.3) is 0 Å². The van der Waals surface area contributed by atoms with Crippen molar-refractivity contribution >= 4 is 5.97 Å². The number of hydrogen-bond donors (Lipinski definition) is 0. The van der Waals surface area contributed by atoms with Crippen LogP contribution in [-0.4, -0.2) is 12.6 Å². The summed E-state index contributed by atoms with van der Waals surface area (Å²) in [4.78, 5) is 11.7. The summed E-state index contributed by atoms with van der Waals surface area (Å²) >= 11 is 0. The van der Waals surface area contributed by atoms with Gasteiger partial charge in [0.1, 0.15) is 0 Å². The van der Waals surface area contributed by atoms with E-state index in [2.05, 4.69) is 26.0 Å². The molecule has 0 fully saturated rings. The molecule has 2 heteroatoms. The average molecular weight is 367 g/mol. The van der Waals surface area contributed by atoms with Gasteiger partial charge in [-0.1, -0.05) is 103 Å². The predicted octanol–water partition coefficient (Wildman–Crippen LogP) is 8.15. The van der Waals surface area contributed by atoms with Crippen LogP contribution in [0.15, 0.2) is 12.2 Å². The molecule has 0 aliphatic heterocycles. The van der Waals surface area contributed by atoms with Crippen molar-refractivity contribution in [3.8, 4) is 0 Å². The molecular weight excluding hydrogens is 320 g/mol. The second kappa shape index (κ2) is 22.3. The van der Waals surface area contributed by atoms with Crippen LogP contribution < -0.4 is 0 Å². The minimum atomic E-state index is 0.00630. The lowest BCUT2D eigenvalue weighted by Gasteiger charge is -2.05. The lowest BCUT2D eigenvalue weighted by atomic mass is 10.1. The normalized spacial score (nSPS) is 11.3. The molecule has 26 heavy (non-hydrogen) atoms. The van der Waals surface area contributed by atoms with E-state index < -0.39 is 0 Å². The summed E-state index contributed by atoms with van der Waals surface area (Å²) in [5.41, 5.74) is 0. The lowest BCUT2D eigenvalue weighted by molar-refractivity contribution is -0.143. The third-order valence-electron chi connectivity index (χ3n) is 4.90. The van der Waals surface area contributed by atoms with Crippen LogP contribution >= 0.6 is 0 Å². The zero-order chi connectivity index (χ0) is 19.1. The maximum Gasteiger partial charge on any atom is 0.305 e. The van der Waals surface area contributed by atoms with Gasteiger partial charge in [-0.3, -0.25) is 4.79 Å². The number of rotatable bonds is 20. The molecule has 0 spiro atoms. The van der Waals surface area contributed by atoms with Crippen LogP contribution in [0.3, 0.4) is 0 Å². The van der Waals surface area contributed by atoms with Gasteiger partial charge in [0.2, 0.25) is 0 Å². The van der Waals surface area contributed by atoms with Crippen LogP contribution in [0.4, 0.5) is 0 Å². The second-order valence-corrected chi connectivity index (χ2v) is 7.62. The molecule has 0 unspecified atom stereocenters. The number of unbranched alkanes of at least 4 members (excludes halogenated alkanes) is 14. The van der Waals surface area contributed by atoms with Crippen molar-refractivity contribution in [2.24, 2.45) is 0 Å². The summed E-state index contributed by atoms with van der Waals surface area (Å²) in [6.07, 6.45) is 26.5. The number of allylic oxidation sites excluding steroid dienone is 2. The van der Waals surface area contributed by atoms with Gasteiger partial charge in [0.25, 0.3) is 0 Å². The first kappa shape index (κ1) is 25.2. The SMILES string of the molecule is CCCC/C=C\CCCCCCCC(=O)OCCCCCCCCCC. The standard InChI is InChI=1S/C24H46O2/c1-3-5-7-9-11-13-14-15-16-18-20-22-24(25)26-23-21-19-17-12-10-8-6-4-2/h9,11H,3-8,10,12-23H2,1-2H3/b11-9-. The van der Waals surface area contributed by atoms with Crippen molar-refractivity contribution in [2.75, 3.05) is 6.61 Å². The monoisotopic (exact) mass is 366 g/mol. The van der Waals surface area contributed by atoms with Gasteiger partial charge < -0.3 is 4.74 Å². The molecule has 154 valence electrons. The molecule has 0 aromatic heterocycles. The topological polar surface area (TPSA) is 26.3 Å². The Balaban J connectivity index is 3.19. The molecule has 0 aromatic rings. The van der Waals surface area contributed by atoms with E-state index in [1.165, 1.54) is 89.9 Å². The molecule has 0 aliphatic carbocycles. The Kier molecular flexibility index (Phi) is 21.6.